The van der Waals surface area contributed by atoms with E-state index in [4.69, 9.17) is 42.0 Å². The van der Waals surface area contributed by atoms with Crippen molar-refractivity contribution in [1.29, 1.82) is 0 Å². The van der Waals surface area contributed by atoms with E-state index in [2.05, 4.69) is 31.4 Å². The maximum Gasteiger partial charge on any atom is 0.482 e. The van der Waals surface area contributed by atoms with E-state index >= 15 is 0 Å². The van der Waals surface area contributed by atoms with Crippen LogP contribution in [0.1, 0.15) is 83.1 Å². The topological polar surface area (TPSA) is 115 Å². The number of likely N-dealkylation sites (tertiary alicyclic amines) is 1. The van der Waals surface area contributed by atoms with Crippen molar-refractivity contribution in [3.05, 3.63) is 69.7 Å². The zero-order valence-electron chi connectivity index (χ0n) is 30.4. The molecule has 13 heteroatoms. The molecule has 5 fully saturated rings. The molecule has 3 saturated carbocycles. The Bertz CT molecular complexity index is 1610. The Labute approximate surface area is 311 Å². The third-order valence-corrected chi connectivity index (χ3v) is 11.9. The minimum Gasteiger partial charge on any atom is -0.444 e. The molecule has 2 N–H and O–H groups in total. The summed E-state index contributed by atoms with van der Waals surface area (Å²) in [5.41, 5.74) is 0.203. The first-order valence-corrected chi connectivity index (χ1v) is 18.8. The van der Waals surface area contributed by atoms with Gasteiger partial charge in [-0.05, 0) is 101 Å². The van der Waals surface area contributed by atoms with Gasteiger partial charge >= 0.3 is 13.2 Å². The molecule has 5 aliphatic rings. The van der Waals surface area contributed by atoms with Crippen molar-refractivity contribution in [2.24, 2.45) is 17.3 Å². The Morgan fingerprint density at radius 3 is 2.51 bits per heavy atom. The molecule has 3 amide bonds. The molecule has 2 heterocycles. The van der Waals surface area contributed by atoms with Crippen molar-refractivity contribution in [1.82, 2.24) is 15.5 Å². The van der Waals surface area contributed by atoms with E-state index in [1.807, 2.05) is 51.1 Å². The molecule has 3 aliphatic carbocycles. The fraction of sp³-hybridized carbons (Fsp3) is 0.605. The minimum absolute atomic E-state index is 0.0717. The number of carbonyl (C=O) groups excluding carboxylic acids is 3. The van der Waals surface area contributed by atoms with Crippen LogP contribution < -0.4 is 10.6 Å². The van der Waals surface area contributed by atoms with Gasteiger partial charge in [-0.1, -0.05) is 67.4 Å². The standard InChI is InChI=1S/C38H50BCl2N3O7/c1-36(2,3)49-35(47)44-16-10-13-26(44)21-48-22-29(42-33(45)27-20-25(40)14-15-28(27)41)34(46)43-32(17-23-11-8-7-9-12-23)39-50-31-19-24-18-30(37(24,4)5)38(31,6)51-39/h7-9,11-12,14-15,20,24,26,29-32H,10,13,16-19,21-22H2,1-6H3,(H,42,45)(H,43,46)/t24-,26-,29+,30+,31-,32+,38+/m1/s1. The second-order valence-electron chi connectivity index (χ2n) is 16.3. The quantitative estimate of drug-likeness (QED) is 0.253. The van der Waals surface area contributed by atoms with Crippen molar-refractivity contribution in [3.8, 4) is 0 Å². The maximum absolute atomic E-state index is 14.3. The van der Waals surface area contributed by atoms with Crippen molar-refractivity contribution in [3.63, 3.8) is 0 Å². The Hall–Kier alpha value is -2.83. The van der Waals surface area contributed by atoms with Crippen LogP contribution in [0.5, 0.6) is 0 Å². The SMILES string of the molecule is CC(C)(C)OC(=O)N1CCC[C@@H]1COC[C@H](NC(=O)c1cc(Cl)ccc1Cl)C(=O)N[C@@H](Cc1ccccc1)B1O[C@@H]2C[C@H]3C[C@@H](C3(C)C)[C@]2(C)O1. The number of hydrogen-bond acceptors (Lipinski definition) is 7. The van der Waals surface area contributed by atoms with Crippen molar-refractivity contribution < 1.29 is 33.2 Å². The number of benzene rings is 2. The summed E-state index contributed by atoms with van der Waals surface area (Å²) in [6, 6.07) is 13.1. The fourth-order valence-electron chi connectivity index (χ4n) is 8.42. The van der Waals surface area contributed by atoms with E-state index in [0.717, 1.165) is 31.2 Å². The highest BCUT2D eigenvalue weighted by molar-refractivity contribution is 6.48. The fourth-order valence-corrected chi connectivity index (χ4v) is 8.80. The summed E-state index contributed by atoms with van der Waals surface area (Å²) in [4.78, 5) is 42.4. The van der Waals surface area contributed by atoms with Gasteiger partial charge in [-0.2, -0.15) is 0 Å². The van der Waals surface area contributed by atoms with Gasteiger partial charge in [0.15, 0.2) is 0 Å². The number of amides is 3. The Morgan fingerprint density at radius 2 is 1.80 bits per heavy atom. The van der Waals surface area contributed by atoms with Crippen molar-refractivity contribution in [2.75, 3.05) is 19.8 Å². The zero-order chi connectivity index (χ0) is 36.7. The number of hydrogen-bond donors (Lipinski definition) is 2. The Kier molecular flexibility index (Phi) is 11.1. The summed E-state index contributed by atoms with van der Waals surface area (Å²) >= 11 is 12.6. The van der Waals surface area contributed by atoms with E-state index in [9.17, 15) is 14.4 Å². The van der Waals surface area contributed by atoms with Crippen LogP contribution in [0.25, 0.3) is 0 Å². The summed E-state index contributed by atoms with van der Waals surface area (Å²) in [6.45, 7) is 12.8. The van der Waals surface area contributed by atoms with E-state index in [-0.39, 0.29) is 41.4 Å². The Balaban J connectivity index is 1.20. The molecule has 7 rings (SSSR count). The van der Waals surface area contributed by atoms with Gasteiger partial charge < -0.3 is 34.3 Å². The summed E-state index contributed by atoms with van der Waals surface area (Å²) in [7, 11) is -0.695. The molecule has 10 nitrogen and oxygen atoms in total. The monoisotopic (exact) mass is 741 g/mol. The lowest BCUT2D eigenvalue weighted by Gasteiger charge is -2.64. The van der Waals surface area contributed by atoms with Gasteiger partial charge in [0.05, 0.1) is 47.5 Å². The van der Waals surface area contributed by atoms with E-state index in [1.54, 1.807) is 11.0 Å². The molecule has 2 bridgehead atoms. The average molecular weight is 743 g/mol. The maximum atomic E-state index is 14.3. The predicted octanol–water partition coefficient (Wildman–Crippen LogP) is 6.50. The predicted molar refractivity (Wildman–Crippen MR) is 197 cm³/mol. The molecule has 0 unspecified atom stereocenters. The number of halogens is 2. The van der Waals surface area contributed by atoms with Crippen molar-refractivity contribution in [2.45, 2.75) is 109 Å². The van der Waals surface area contributed by atoms with Gasteiger partial charge in [0, 0.05) is 11.6 Å². The first kappa shape index (κ1) is 37.9. The van der Waals surface area contributed by atoms with Crippen LogP contribution in [0.3, 0.4) is 0 Å². The lowest BCUT2D eigenvalue weighted by Crippen LogP contribution is -2.65. The van der Waals surface area contributed by atoms with Crippen LogP contribution in [0.15, 0.2) is 48.5 Å². The molecule has 2 aromatic carbocycles. The molecule has 2 saturated heterocycles. The van der Waals surface area contributed by atoms with Gasteiger partial charge in [-0.15, -0.1) is 0 Å². The van der Waals surface area contributed by atoms with E-state index in [0.29, 0.717) is 29.8 Å². The Morgan fingerprint density at radius 1 is 1.06 bits per heavy atom. The summed E-state index contributed by atoms with van der Waals surface area (Å²) in [5, 5.41) is 6.53. The molecule has 7 atom stereocenters. The van der Waals surface area contributed by atoms with Crippen LogP contribution in [-0.4, -0.2) is 85.0 Å². The number of nitrogens with one attached hydrogen (secondary N) is 2. The summed E-state index contributed by atoms with van der Waals surface area (Å²) in [5.74, 6) is -0.670. The third kappa shape index (κ3) is 8.23. The molecule has 0 radical (unpaired) electrons. The number of carbonyl (C=O) groups is 3. The van der Waals surface area contributed by atoms with Crippen LogP contribution in [0.4, 0.5) is 4.79 Å². The largest absolute Gasteiger partial charge is 0.482 e. The zero-order valence-corrected chi connectivity index (χ0v) is 31.9. The average Bonchev–Trinajstić information content (AvgIpc) is 3.68. The first-order valence-electron chi connectivity index (χ1n) is 18.1. The first-order chi connectivity index (χ1) is 24.0. The number of ether oxygens (including phenoxy) is 2. The van der Waals surface area contributed by atoms with Crippen LogP contribution in [0.2, 0.25) is 10.0 Å². The number of rotatable bonds is 11. The third-order valence-electron chi connectivity index (χ3n) is 11.3. The van der Waals surface area contributed by atoms with Gasteiger partial charge in [0.2, 0.25) is 5.91 Å². The number of nitrogens with zero attached hydrogens (tertiary/aromatic N) is 1. The second kappa shape index (κ2) is 14.9. The van der Waals surface area contributed by atoms with Gasteiger partial charge in [0.25, 0.3) is 5.91 Å². The van der Waals surface area contributed by atoms with E-state index in [1.165, 1.54) is 12.1 Å². The lowest BCUT2D eigenvalue weighted by atomic mass is 9.43. The second-order valence-corrected chi connectivity index (χ2v) is 17.1. The molecule has 51 heavy (non-hydrogen) atoms. The van der Waals surface area contributed by atoms with Crippen LogP contribution in [0, 0.1) is 17.3 Å². The molecule has 0 spiro atoms. The highest BCUT2D eigenvalue weighted by Crippen LogP contribution is 2.65. The molecule has 2 aromatic rings. The highest BCUT2D eigenvalue weighted by Gasteiger charge is 2.68. The normalized spacial score (nSPS) is 27.6. The smallest absolute Gasteiger partial charge is 0.444 e. The molecule has 276 valence electrons. The van der Waals surface area contributed by atoms with Crippen molar-refractivity contribution >= 4 is 48.2 Å². The van der Waals surface area contributed by atoms with Crippen LogP contribution in [-0.2, 0) is 30.0 Å². The highest BCUT2D eigenvalue weighted by atomic mass is 35.5. The van der Waals surface area contributed by atoms with E-state index < -0.39 is 48.2 Å². The molecule has 2 aliphatic heterocycles. The van der Waals surface area contributed by atoms with Gasteiger partial charge in [-0.25, -0.2) is 4.79 Å². The lowest BCUT2D eigenvalue weighted by molar-refractivity contribution is -0.199. The molecular weight excluding hydrogens is 692 g/mol. The molecular formula is C38H50BCl2N3O7. The van der Waals surface area contributed by atoms with Gasteiger partial charge in [0.1, 0.15) is 11.6 Å². The summed E-state index contributed by atoms with van der Waals surface area (Å²) in [6.07, 6.45) is 3.54. The summed E-state index contributed by atoms with van der Waals surface area (Å²) < 4.78 is 25.2. The minimum atomic E-state index is -1.12. The van der Waals surface area contributed by atoms with Crippen LogP contribution >= 0.6 is 23.2 Å². The van der Waals surface area contributed by atoms with Gasteiger partial charge in [-0.3, -0.25) is 9.59 Å². The molecule has 0 aromatic heterocycles.